The zero-order valence-corrected chi connectivity index (χ0v) is 25.1. The molecule has 0 unspecified atom stereocenters. The van der Waals surface area contributed by atoms with Gasteiger partial charge in [0.15, 0.2) is 16.3 Å². The molecule has 216 valence electrons. The van der Waals surface area contributed by atoms with Gasteiger partial charge in [0.25, 0.3) is 5.56 Å². The van der Waals surface area contributed by atoms with Crippen LogP contribution in [0.5, 0.6) is 11.5 Å². The van der Waals surface area contributed by atoms with Crippen LogP contribution >= 0.6 is 11.3 Å². The van der Waals surface area contributed by atoms with Gasteiger partial charge >= 0.3 is 5.97 Å². The Morgan fingerprint density at radius 1 is 1.05 bits per heavy atom. The average Bonchev–Trinajstić information content (AvgIpc) is 3.30. The van der Waals surface area contributed by atoms with E-state index in [0.29, 0.717) is 38.7 Å². The van der Waals surface area contributed by atoms with E-state index >= 15 is 0 Å². The lowest BCUT2D eigenvalue weighted by molar-refractivity contribution is -0.139. The summed E-state index contributed by atoms with van der Waals surface area (Å²) in [7, 11) is 5.51. The average molecular weight is 584 g/mol. The standard InChI is InChI=1S/C33H33N3O5S/c1-6-40-32(38)29-21(2)34-33-36(30(29)24-13-15-25(16-14-24)35(3)4)31(37)28(42-33)19-23-12-17-26(27(18-23)39-5)41-20-22-10-8-7-9-11-22/h7-19,30H,6,20H2,1-5H3/t30-/m0/s1. The van der Waals surface area contributed by atoms with Crippen LogP contribution in [0.4, 0.5) is 5.69 Å². The van der Waals surface area contributed by atoms with Gasteiger partial charge in [0, 0.05) is 19.8 Å². The molecule has 0 aliphatic carbocycles. The molecule has 1 aliphatic heterocycles. The van der Waals surface area contributed by atoms with Gasteiger partial charge in [0.1, 0.15) is 6.61 Å². The van der Waals surface area contributed by atoms with E-state index in [2.05, 4.69) is 4.99 Å². The summed E-state index contributed by atoms with van der Waals surface area (Å²) in [6.07, 6.45) is 1.81. The number of anilines is 1. The maximum Gasteiger partial charge on any atom is 0.338 e. The highest BCUT2D eigenvalue weighted by Crippen LogP contribution is 2.32. The minimum Gasteiger partial charge on any atom is -0.493 e. The number of carbonyl (C=O) groups is 1. The molecule has 0 fully saturated rings. The van der Waals surface area contributed by atoms with Gasteiger partial charge < -0.3 is 19.1 Å². The monoisotopic (exact) mass is 583 g/mol. The van der Waals surface area contributed by atoms with Crippen molar-refractivity contribution in [3.05, 3.63) is 120 Å². The number of allylic oxidation sites excluding steroid dienone is 1. The van der Waals surface area contributed by atoms with E-state index in [1.165, 1.54) is 11.3 Å². The summed E-state index contributed by atoms with van der Waals surface area (Å²) in [5, 5.41) is 0. The number of hydrogen-bond acceptors (Lipinski definition) is 8. The second kappa shape index (κ2) is 12.5. The second-order valence-electron chi connectivity index (χ2n) is 9.97. The fraction of sp³-hybridized carbons (Fsp3) is 0.242. The maximum absolute atomic E-state index is 13.9. The predicted molar refractivity (Wildman–Crippen MR) is 165 cm³/mol. The Balaban J connectivity index is 1.55. The molecule has 42 heavy (non-hydrogen) atoms. The van der Waals surface area contributed by atoms with Gasteiger partial charge in [-0.25, -0.2) is 9.79 Å². The first-order chi connectivity index (χ1) is 20.3. The smallest absolute Gasteiger partial charge is 0.338 e. The number of benzene rings is 3. The summed E-state index contributed by atoms with van der Waals surface area (Å²) in [6, 6.07) is 22.6. The number of aromatic nitrogens is 1. The molecule has 0 N–H and O–H groups in total. The molecule has 9 heteroatoms. The Hall–Kier alpha value is -4.63. The molecule has 0 amide bonds. The Morgan fingerprint density at radius 2 is 1.79 bits per heavy atom. The molecular weight excluding hydrogens is 550 g/mol. The number of fused-ring (bicyclic) bond motifs is 1. The quantitative estimate of drug-likeness (QED) is 0.271. The summed E-state index contributed by atoms with van der Waals surface area (Å²) in [5.41, 5.74) is 4.28. The van der Waals surface area contributed by atoms with Crippen molar-refractivity contribution < 1.29 is 19.0 Å². The molecule has 0 bridgehead atoms. The van der Waals surface area contributed by atoms with E-state index in [4.69, 9.17) is 14.2 Å². The van der Waals surface area contributed by atoms with Gasteiger partial charge in [0.2, 0.25) is 0 Å². The van der Waals surface area contributed by atoms with Crippen molar-refractivity contribution in [2.24, 2.45) is 4.99 Å². The zero-order chi connectivity index (χ0) is 29.8. The lowest BCUT2D eigenvalue weighted by Gasteiger charge is -2.25. The lowest BCUT2D eigenvalue weighted by Crippen LogP contribution is -2.39. The van der Waals surface area contributed by atoms with Crippen LogP contribution in [0.25, 0.3) is 6.08 Å². The van der Waals surface area contributed by atoms with E-state index in [0.717, 1.165) is 22.4 Å². The Labute approximate surface area is 248 Å². The van der Waals surface area contributed by atoms with Crippen molar-refractivity contribution in [2.75, 3.05) is 32.7 Å². The number of esters is 1. The second-order valence-corrected chi connectivity index (χ2v) is 11.0. The number of carbonyl (C=O) groups excluding carboxylic acids is 1. The molecule has 3 aromatic carbocycles. The van der Waals surface area contributed by atoms with Gasteiger partial charge in [-0.3, -0.25) is 9.36 Å². The molecule has 2 heterocycles. The first kappa shape index (κ1) is 28.9. The van der Waals surface area contributed by atoms with Crippen molar-refractivity contribution in [1.82, 2.24) is 4.57 Å². The zero-order valence-electron chi connectivity index (χ0n) is 24.3. The summed E-state index contributed by atoms with van der Waals surface area (Å²) in [4.78, 5) is 34.3. The summed E-state index contributed by atoms with van der Waals surface area (Å²) < 4.78 is 19.1. The third-order valence-electron chi connectivity index (χ3n) is 6.96. The minimum absolute atomic E-state index is 0.221. The third kappa shape index (κ3) is 5.87. The topological polar surface area (TPSA) is 82.4 Å². The molecule has 8 nitrogen and oxygen atoms in total. The van der Waals surface area contributed by atoms with Crippen molar-refractivity contribution in [1.29, 1.82) is 0 Å². The summed E-state index contributed by atoms with van der Waals surface area (Å²) >= 11 is 1.28. The normalized spacial score (nSPS) is 14.7. The first-order valence-electron chi connectivity index (χ1n) is 13.6. The number of ether oxygens (including phenoxy) is 3. The van der Waals surface area contributed by atoms with Crippen LogP contribution in [0.3, 0.4) is 0 Å². The Kier molecular flexibility index (Phi) is 8.59. The number of hydrogen-bond donors (Lipinski definition) is 0. The molecule has 0 saturated carbocycles. The van der Waals surface area contributed by atoms with Gasteiger partial charge in [-0.15, -0.1) is 0 Å². The Morgan fingerprint density at radius 3 is 2.45 bits per heavy atom. The molecule has 1 atom stereocenters. The van der Waals surface area contributed by atoms with E-state index < -0.39 is 12.0 Å². The highest BCUT2D eigenvalue weighted by molar-refractivity contribution is 7.07. The van der Waals surface area contributed by atoms with Gasteiger partial charge in [-0.2, -0.15) is 0 Å². The van der Waals surface area contributed by atoms with Crippen LogP contribution in [-0.2, 0) is 16.1 Å². The number of thiazole rings is 1. The van der Waals surface area contributed by atoms with Crippen LogP contribution in [0.15, 0.2) is 93.9 Å². The van der Waals surface area contributed by atoms with Gasteiger partial charge in [-0.1, -0.05) is 59.9 Å². The molecule has 0 saturated heterocycles. The molecule has 4 aromatic rings. The number of methoxy groups -OCH3 is 1. The van der Waals surface area contributed by atoms with Gasteiger partial charge in [-0.05, 0) is 60.9 Å². The Bertz CT molecular complexity index is 1810. The van der Waals surface area contributed by atoms with Crippen molar-refractivity contribution in [3.8, 4) is 11.5 Å². The molecule has 5 rings (SSSR count). The van der Waals surface area contributed by atoms with Crippen LogP contribution in [0.2, 0.25) is 0 Å². The molecular formula is C33H33N3O5S. The number of rotatable bonds is 9. The first-order valence-corrected chi connectivity index (χ1v) is 14.4. The molecule has 0 radical (unpaired) electrons. The SMILES string of the molecule is CCOC(=O)C1=C(C)N=c2sc(=Cc3ccc(OCc4ccccc4)c(OC)c3)c(=O)n2[C@H]1c1ccc(N(C)C)cc1. The van der Waals surface area contributed by atoms with Crippen LogP contribution < -0.4 is 29.3 Å². The van der Waals surface area contributed by atoms with E-state index in [-0.39, 0.29) is 12.2 Å². The van der Waals surface area contributed by atoms with Crippen molar-refractivity contribution in [2.45, 2.75) is 26.5 Å². The third-order valence-corrected chi connectivity index (χ3v) is 7.95. The largest absolute Gasteiger partial charge is 0.493 e. The maximum atomic E-state index is 13.9. The molecule has 0 spiro atoms. The highest BCUT2D eigenvalue weighted by Gasteiger charge is 2.33. The molecule has 1 aliphatic rings. The van der Waals surface area contributed by atoms with E-state index in [1.807, 2.05) is 97.9 Å². The highest BCUT2D eigenvalue weighted by atomic mass is 32.1. The molecule has 1 aromatic heterocycles. The van der Waals surface area contributed by atoms with Crippen molar-refractivity contribution >= 4 is 29.1 Å². The minimum atomic E-state index is -0.665. The van der Waals surface area contributed by atoms with E-state index in [9.17, 15) is 9.59 Å². The summed E-state index contributed by atoms with van der Waals surface area (Å²) in [6.45, 7) is 4.17. The number of nitrogens with zero attached hydrogens (tertiary/aromatic N) is 3. The lowest BCUT2D eigenvalue weighted by atomic mass is 9.95. The van der Waals surface area contributed by atoms with Crippen LogP contribution in [0, 0.1) is 0 Å². The van der Waals surface area contributed by atoms with Crippen molar-refractivity contribution in [3.63, 3.8) is 0 Å². The van der Waals surface area contributed by atoms with E-state index in [1.54, 1.807) is 25.5 Å². The van der Waals surface area contributed by atoms with Crippen LogP contribution in [-0.4, -0.2) is 38.3 Å². The van der Waals surface area contributed by atoms with Crippen LogP contribution in [0.1, 0.15) is 36.6 Å². The fourth-order valence-corrected chi connectivity index (χ4v) is 5.89. The fourth-order valence-electron chi connectivity index (χ4n) is 4.84. The summed E-state index contributed by atoms with van der Waals surface area (Å²) in [5.74, 6) is 0.688. The van der Waals surface area contributed by atoms with Gasteiger partial charge in [0.05, 0.1) is 35.6 Å². The predicted octanol–water partition coefficient (Wildman–Crippen LogP) is 4.45.